The molecule has 4 aromatic rings. The van der Waals surface area contributed by atoms with E-state index >= 15 is 0 Å². The second-order valence-electron chi connectivity index (χ2n) is 7.79. The molecule has 0 saturated carbocycles. The number of nitrogens with zero attached hydrogens (tertiary/aromatic N) is 2. The summed E-state index contributed by atoms with van der Waals surface area (Å²) >= 11 is 4.54. The molecule has 176 valence electrons. The summed E-state index contributed by atoms with van der Waals surface area (Å²) in [4.78, 5) is 32.4. The maximum atomic E-state index is 13.8. The van der Waals surface area contributed by atoms with Crippen molar-refractivity contribution in [3.8, 4) is 5.75 Å². The fourth-order valence-electron chi connectivity index (χ4n) is 4.07. The fraction of sp³-hybridized carbons (Fsp3) is 0.115. The predicted octanol–water partition coefficient (Wildman–Crippen LogP) is 6.22. The number of carbonyl (C=O) groups is 2. The van der Waals surface area contributed by atoms with Gasteiger partial charge in [0.15, 0.2) is 5.13 Å². The van der Waals surface area contributed by atoms with E-state index < -0.39 is 23.5 Å². The van der Waals surface area contributed by atoms with E-state index in [1.165, 1.54) is 23.1 Å². The topological polar surface area (TPSA) is 79.7 Å². The zero-order valence-electron chi connectivity index (χ0n) is 18.4. The van der Waals surface area contributed by atoms with Crippen LogP contribution in [0.5, 0.6) is 5.75 Å². The van der Waals surface area contributed by atoms with Gasteiger partial charge < -0.3 is 9.84 Å². The number of ketones is 1. The van der Waals surface area contributed by atoms with Gasteiger partial charge in [0.05, 0.1) is 28.4 Å². The van der Waals surface area contributed by atoms with Crippen molar-refractivity contribution in [2.24, 2.45) is 0 Å². The number of fused-ring (bicyclic) bond motifs is 1. The largest absolute Gasteiger partial charge is 0.507 e. The summed E-state index contributed by atoms with van der Waals surface area (Å²) in [6, 6.07) is 17.1. The first-order chi connectivity index (χ1) is 16.9. The molecule has 35 heavy (non-hydrogen) atoms. The highest BCUT2D eigenvalue weighted by atomic mass is 79.9. The van der Waals surface area contributed by atoms with E-state index in [9.17, 15) is 19.1 Å². The molecule has 5 rings (SSSR count). The number of thiazole rings is 1. The van der Waals surface area contributed by atoms with Crippen molar-refractivity contribution in [3.05, 3.63) is 93.7 Å². The summed E-state index contributed by atoms with van der Waals surface area (Å²) < 4.78 is 20.6. The van der Waals surface area contributed by atoms with Crippen molar-refractivity contribution in [1.82, 2.24) is 4.98 Å². The number of anilines is 1. The molecule has 1 unspecified atom stereocenters. The van der Waals surface area contributed by atoms with Crippen LogP contribution in [0.15, 0.2) is 76.8 Å². The third kappa shape index (κ3) is 4.21. The lowest BCUT2D eigenvalue weighted by atomic mass is 9.95. The van der Waals surface area contributed by atoms with Crippen LogP contribution in [0.1, 0.15) is 24.1 Å². The van der Waals surface area contributed by atoms with Gasteiger partial charge in [-0.15, -0.1) is 0 Å². The third-order valence-electron chi connectivity index (χ3n) is 5.57. The van der Waals surface area contributed by atoms with Crippen LogP contribution in [0.25, 0.3) is 16.0 Å². The smallest absolute Gasteiger partial charge is 0.301 e. The molecule has 0 radical (unpaired) electrons. The average Bonchev–Trinajstić information content (AvgIpc) is 3.37. The number of aliphatic hydroxyl groups is 1. The summed E-state index contributed by atoms with van der Waals surface area (Å²) in [5.74, 6) is -1.87. The highest BCUT2D eigenvalue weighted by molar-refractivity contribution is 9.10. The van der Waals surface area contributed by atoms with Crippen molar-refractivity contribution >= 4 is 60.1 Å². The van der Waals surface area contributed by atoms with Crippen molar-refractivity contribution in [2.75, 3.05) is 11.5 Å². The Morgan fingerprint density at radius 1 is 1.14 bits per heavy atom. The molecule has 9 heteroatoms. The Hall–Kier alpha value is -3.56. The maximum Gasteiger partial charge on any atom is 0.301 e. The van der Waals surface area contributed by atoms with Gasteiger partial charge in [-0.2, -0.15) is 0 Å². The SMILES string of the molecule is CCOc1cccc(C(O)=C2C(=O)C(=O)N(c3nc4ccc(F)cc4s3)C2c2cccc(Br)c2)c1. The number of benzene rings is 3. The van der Waals surface area contributed by atoms with E-state index in [0.29, 0.717) is 33.7 Å². The Labute approximate surface area is 212 Å². The Kier molecular flexibility index (Phi) is 6.12. The van der Waals surface area contributed by atoms with Crippen LogP contribution in [0, 0.1) is 5.82 Å². The molecule has 1 saturated heterocycles. The molecule has 1 atom stereocenters. The summed E-state index contributed by atoms with van der Waals surface area (Å²) in [5.41, 5.74) is 1.39. The predicted molar refractivity (Wildman–Crippen MR) is 136 cm³/mol. The monoisotopic (exact) mass is 552 g/mol. The number of Topliss-reactive ketones (excluding diaryl/α,β-unsaturated/α-hetero) is 1. The maximum absolute atomic E-state index is 13.8. The van der Waals surface area contributed by atoms with Crippen LogP contribution < -0.4 is 9.64 Å². The molecule has 3 aromatic carbocycles. The van der Waals surface area contributed by atoms with Gasteiger partial charge in [-0.25, -0.2) is 9.37 Å². The molecule has 1 amide bonds. The summed E-state index contributed by atoms with van der Waals surface area (Å²) in [7, 11) is 0. The molecule has 0 spiro atoms. The van der Waals surface area contributed by atoms with Gasteiger partial charge in [0.25, 0.3) is 5.78 Å². The number of ether oxygens (including phenoxy) is 1. The molecule has 0 bridgehead atoms. The number of hydrogen-bond donors (Lipinski definition) is 1. The standard InChI is InChI=1S/C26H18BrFN2O4S/c1-2-34-18-8-4-6-15(12-18)23(31)21-22(14-5-3-7-16(27)11-14)30(25(33)24(21)32)26-29-19-10-9-17(28)13-20(19)35-26/h3-13,22,31H,2H2,1H3. The molecule has 1 fully saturated rings. The first kappa shape index (κ1) is 23.2. The summed E-state index contributed by atoms with van der Waals surface area (Å²) in [6.45, 7) is 2.28. The third-order valence-corrected chi connectivity index (χ3v) is 7.08. The van der Waals surface area contributed by atoms with Crippen LogP contribution in [-0.2, 0) is 9.59 Å². The molecule has 1 aromatic heterocycles. The quantitative estimate of drug-likeness (QED) is 0.180. The first-order valence-corrected chi connectivity index (χ1v) is 12.3. The lowest BCUT2D eigenvalue weighted by molar-refractivity contribution is -0.132. The van der Waals surface area contributed by atoms with Crippen LogP contribution in [0.3, 0.4) is 0 Å². The van der Waals surface area contributed by atoms with Gasteiger partial charge in [0.2, 0.25) is 0 Å². The molecule has 0 aliphatic carbocycles. The number of rotatable bonds is 5. The van der Waals surface area contributed by atoms with Gasteiger partial charge in [0.1, 0.15) is 17.3 Å². The minimum atomic E-state index is -0.936. The van der Waals surface area contributed by atoms with E-state index in [4.69, 9.17) is 4.74 Å². The van der Waals surface area contributed by atoms with E-state index in [0.717, 1.165) is 15.8 Å². The van der Waals surface area contributed by atoms with Crippen LogP contribution in [0.2, 0.25) is 0 Å². The normalized spacial score (nSPS) is 17.3. The molecule has 6 nitrogen and oxygen atoms in total. The summed E-state index contributed by atoms with van der Waals surface area (Å²) in [5, 5.41) is 11.5. The molecule has 2 heterocycles. The number of aromatic nitrogens is 1. The zero-order chi connectivity index (χ0) is 24.7. The first-order valence-electron chi connectivity index (χ1n) is 10.7. The lowest BCUT2D eigenvalue weighted by Gasteiger charge is -2.23. The van der Waals surface area contributed by atoms with Crippen LogP contribution in [-0.4, -0.2) is 28.4 Å². The molecule has 1 N–H and O–H groups in total. The molecule has 1 aliphatic heterocycles. The zero-order valence-corrected chi connectivity index (χ0v) is 20.8. The number of aliphatic hydroxyl groups excluding tert-OH is 1. The number of hydrogen-bond acceptors (Lipinski definition) is 6. The Morgan fingerprint density at radius 3 is 2.71 bits per heavy atom. The van der Waals surface area contributed by atoms with E-state index in [2.05, 4.69) is 20.9 Å². The van der Waals surface area contributed by atoms with Gasteiger partial charge >= 0.3 is 5.91 Å². The van der Waals surface area contributed by atoms with E-state index in [-0.39, 0.29) is 16.5 Å². The van der Waals surface area contributed by atoms with Gasteiger partial charge in [-0.1, -0.05) is 51.5 Å². The van der Waals surface area contributed by atoms with E-state index in [1.54, 1.807) is 42.5 Å². The lowest BCUT2D eigenvalue weighted by Crippen LogP contribution is -2.29. The van der Waals surface area contributed by atoms with Crippen molar-refractivity contribution < 1.29 is 23.8 Å². The second kappa shape index (κ2) is 9.24. The van der Waals surface area contributed by atoms with Crippen molar-refractivity contribution in [2.45, 2.75) is 13.0 Å². The van der Waals surface area contributed by atoms with Crippen molar-refractivity contribution in [3.63, 3.8) is 0 Å². The van der Waals surface area contributed by atoms with Crippen LogP contribution in [0.4, 0.5) is 9.52 Å². The minimum Gasteiger partial charge on any atom is -0.507 e. The van der Waals surface area contributed by atoms with Gasteiger partial charge in [-0.05, 0) is 55.0 Å². The number of amides is 1. The van der Waals surface area contributed by atoms with Crippen LogP contribution >= 0.6 is 27.3 Å². The Morgan fingerprint density at radius 2 is 1.94 bits per heavy atom. The number of carbonyl (C=O) groups excluding carboxylic acids is 2. The van der Waals surface area contributed by atoms with Crippen molar-refractivity contribution in [1.29, 1.82) is 0 Å². The Balaban J connectivity index is 1.72. The average molecular weight is 553 g/mol. The highest BCUT2D eigenvalue weighted by Gasteiger charge is 2.48. The Bertz CT molecular complexity index is 1520. The second-order valence-corrected chi connectivity index (χ2v) is 9.72. The number of halogens is 2. The minimum absolute atomic E-state index is 0.0628. The molecule has 1 aliphatic rings. The van der Waals surface area contributed by atoms with E-state index in [1.807, 2.05) is 13.0 Å². The van der Waals surface area contributed by atoms with Gasteiger partial charge in [-0.3, -0.25) is 14.5 Å². The summed E-state index contributed by atoms with van der Waals surface area (Å²) in [6.07, 6.45) is 0. The van der Waals surface area contributed by atoms with Gasteiger partial charge in [0, 0.05) is 10.0 Å². The molecular weight excluding hydrogens is 535 g/mol. The molecular formula is C26H18BrFN2O4S. The fourth-order valence-corrected chi connectivity index (χ4v) is 5.50. The highest BCUT2D eigenvalue weighted by Crippen LogP contribution is 2.44.